The smallest absolute Gasteiger partial charge is 0.0462 e. The van der Waals surface area contributed by atoms with Crippen molar-refractivity contribution < 1.29 is 4.74 Å². The van der Waals surface area contributed by atoms with Crippen LogP contribution >= 0.6 is 0 Å². The van der Waals surface area contributed by atoms with Crippen molar-refractivity contribution >= 4 is 0 Å². The zero-order valence-corrected chi connectivity index (χ0v) is 7.83. The Morgan fingerprint density at radius 3 is 2.92 bits per heavy atom. The first kappa shape index (κ1) is 9.53. The van der Waals surface area contributed by atoms with Gasteiger partial charge in [-0.3, -0.25) is 0 Å². The monoisotopic (exact) mass is 166 g/mol. The first-order chi connectivity index (χ1) is 5.93. The molecule has 0 aliphatic heterocycles. The van der Waals surface area contributed by atoms with Gasteiger partial charge in [0.1, 0.15) is 0 Å². The van der Waals surface area contributed by atoms with Crippen molar-refractivity contribution in [3.05, 3.63) is 24.3 Å². The molecule has 68 valence electrons. The van der Waals surface area contributed by atoms with Crippen molar-refractivity contribution in [2.24, 2.45) is 5.92 Å². The maximum absolute atomic E-state index is 5.00. The van der Waals surface area contributed by atoms with Gasteiger partial charge in [0.15, 0.2) is 0 Å². The highest BCUT2D eigenvalue weighted by atomic mass is 16.5. The van der Waals surface area contributed by atoms with Gasteiger partial charge in [-0.15, -0.1) is 0 Å². The molecule has 1 rings (SSSR count). The minimum Gasteiger partial charge on any atom is -0.385 e. The lowest BCUT2D eigenvalue weighted by atomic mass is 9.95. The van der Waals surface area contributed by atoms with Crippen LogP contribution in [0.1, 0.15) is 25.7 Å². The predicted molar refractivity (Wildman–Crippen MR) is 52.1 cm³/mol. The molecule has 0 aromatic heterocycles. The highest BCUT2D eigenvalue weighted by Gasteiger charge is 2.03. The van der Waals surface area contributed by atoms with Crippen LogP contribution in [-0.2, 0) is 4.74 Å². The Morgan fingerprint density at radius 1 is 1.33 bits per heavy atom. The first-order valence-corrected chi connectivity index (χ1v) is 4.76. The van der Waals surface area contributed by atoms with Gasteiger partial charge in [0.05, 0.1) is 0 Å². The van der Waals surface area contributed by atoms with Gasteiger partial charge < -0.3 is 4.74 Å². The average Bonchev–Trinajstić information content (AvgIpc) is 2.14. The Hall–Kier alpha value is -0.560. The lowest BCUT2D eigenvalue weighted by Gasteiger charge is -2.11. The fourth-order valence-corrected chi connectivity index (χ4v) is 1.50. The molecule has 0 saturated heterocycles. The quantitative estimate of drug-likeness (QED) is 0.570. The molecule has 0 fully saturated rings. The van der Waals surface area contributed by atoms with Crippen LogP contribution in [0.3, 0.4) is 0 Å². The molecule has 0 aromatic rings. The van der Waals surface area contributed by atoms with Crippen LogP contribution in [-0.4, -0.2) is 13.7 Å². The first-order valence-electron chi connectivity index (χ1n) is 4.76. The highest BCUT2D eigenvalue weighted by molar-refractivity contribution is 5.10. The molecular formula is C11H18O. The zero-order chi connectivity index (χ0) is 8.65. The van der Waals surface area contributed by atoms with E-state index in [1.807, 2.05) is 0 Å². The summed E-state index contributed by atoms with van der Waals surface area (Å²) in [6, 6.07) is 0. The Bertz CT molecular complexity index is 158. The lowest BCUT2D eigenvalue weighted by Crippen LogP contribution is -1.98. The second-order valence-corrected chi connectivity index (χ2v) is 3.30. The maximum atomic E-state index is 5.00. The fraction of sp³-hybridized carbons (Fsp3) is 0.636. The van der Waals surface area contributed by atoms with Crippen LogP contribution in [0.15, 0.2) is 24.3 Å². The molecule has 0 spiro atoms. The van der Waals surface area contributed by atoms with Crippen LogP contribution in [0.4, 0.5) is 0 Å². The van der Waals surface area contributed by atoms with E-state index in [-0.39, 0.29) is 0 Å². The number of allylic oxidation sites excluding steroid dienone is 4. The molecule has 0 bridgehead atoms. The Labute approximate surface area is 75.1 Å². The molecule has 1 atom stereocenters. The van der Waals surface area contributed by atoms with E-state index in [9.17, 15) is 0 Å². The van der Waals surface area contributed by atoms with Gasteiger partial charge in [0.2, 0.25) is 0 Å². The van der Waals surface area contributed by atoms with Crippen molar-refractivity contribution in [1.82, 2.24) is 0 Å². The number of ether oxygens (including phenoxy) is 1. The molecule has 12 heavy (non-hydrogen) atoms. The summed E-state index contributed by atoms with van der Waals surface area (Å²) < 4.78 is 5.00. The topological polar surface area (TPSA) is 9.23 Å². The Morgan fingerprint density at radius 2 is 2.25 bits per heavy atom. The van der Waals surface area contributed by atoms with Crippen molar-refractivity contribution in [3.8, 4) is 0 Å². The summed E-state index contributed by atoms with van der Waals surface area (Å²) in [5, 5.41) is 0. The molecule has 0 radical (unpaired) electrons. The normalized spacial score (nSPS) is 21.6. The summed E-state index contributed by atoms with van der Waals surface area (Å²) in [5.41, 5.74) is 0. The molecule has 0 N–H and O–H groups in total. The number of hydrogen-bond donors (Lipinski definition) is 0. The molecule has 1 nitrogen and oxygen atoms in total. The van der Waals surface area contributed by atoms with Gasteiger partial charge in [-0.1, -0.05) is 30.7 Å². The second kappa shape index (κ2) is 6.01. The summed E-state index contributed by atoms with van der Waals surface area (Å²) in [7, 11) is 1.77. The van der Waals surface area contributed by atoms with E-state index in [2.05, 4.69) is 24.3 Å². The van der Waals surface area contributed by atoms with Crippen LogP contribution in [0, 0.1) is 5.92 Å². The Kier molecular flexibility index (Phi) is 4.77. The van der Waals surface area contributed by atoms with Crippen molar-refractivity contribution in [3.63, 3.8) is 0 Å². The average molecular weight is 166 g/mol. The standard InChI is InChI=1S/C11H18O/c1-12-10-6-5-9-11-7-3-2-4-8-11/h2-4,7,11H,5-6,8-10H2,1H3. The maximum Gasteiger partial charge on any atom is 0.0462 e. The van der Waals surface area contributed by atoms with E-state index in [0.717, 1.165) is 12.5 Å². The SMILES string of the molecule is COCCCCC1C=CC=CC1. The molecule has 0 heterocycles. The minimum absolute atomic E-state index is 0.784. The summed E-state index contributed by atoms with van der Waals surface area (Å²) in [6.07, 6.45) is 13.9. The van der Waals surface area contributed by atoms with E-state index in [4.69, 9.17) is 4.74 Å². The minimum atomic E-state index is 0.784. The summed E-state index contributed by atoms with van der Waals surface area (Å²) in [5.74, 6) is 0.784. The van der Waals surface area contributed by atoms with Crippen molar-refractivity contribution in [2.45, 2.75) is 25.7 Å². The van der Waals surface area contributed by atoms with Crippen LogP contribution in [0.2, 0.25) is 0 Å². The van der Waals surface area contributed by atoms with E-state index >= 15 is 0 Å². The van der Waals surface area contributed by atoms with Gasteiger partial charge in [-0.05, 0) is 25.2 Å². The lowest BCUT2D eigenvalue weighted by molar-refractivity contribution is 0.191. The summed E-state index contributed by atoms with van der Waals surface area (Å²) >= 11 is 0. The van der Waals surface area contributed by atoms with Crippen molar-refractivity contribution in [2.75, 3.05) is 13.7 Å². The fourth-order valence-electron chi connectivity index (χ4n) is 1.50. The van der Waals surface area contributed by atoms with Crippen LogP contribution < -0.4 is 0 Å². The summed E-state index contributed by atoms with van der Waals surface area (Å²) in [4.78, 5) is 0. The van der Waals surface area contributed by atoms with Crippen LogP contribution in [0.5, 0.6) is 0 Å². The number of unbranched alkanes of at least 4 members (excludes halogenated alkanes) is 1. The third-order valence-electron chi connectivity index (χ3n) is 2.24. The number of methoxy groups -OCH3 is 1. The molecular weight excluding hydrogens is 148 g/mol. The van der Waals surface area contributed by atoms with Gasteiger partial charge >= 0.3 is 0 Å². The van der Waals surface area contributed by atoms with E-state index < -0.39 is 0 Å². The molecule has 0 amide bonds. The van der Waals surface area contributed by atoms with Gasteiger partial charge in [0, 0.05) is 13.7 Å². The zero-order valence-electron chi connectivity index (χ0n) is 7.83. The molecule has 0 aromatic carbocycles. The van der Waals surface area contributed by atoms with E-state index in [0.29, 0.717) is 0 Å². The van der Waals surface area contributed by atoms with Crippen molar-refractivity contribution in [1.29, 1.82) is 0 Å². The Balaban J connectivity index is 2.00. The highest BCUT2D eigenvalue weighted by Crippen LogP contribution is 2.17. The molecule has 1 heteroatoms. The third-order valence-corrected chi connectivity index (χ3v) is 2.24. The molecule has 1 aliphatic rings. The molecule has 1 aliphatic carbocycles. The third kappa shape index (κ3) is 3.72. The van der Waals surface area contributed by atoms with Crippen LogP contribution in [0.25, 0.3) is 0 Å². The second-order valence-electron chi connectivity index (χ2n) is 3.30. The molecule has 1 unspecified atom stereocenters. The summed E-state index contributed by atoms with van der Waals surface area (Å²) in [6.45, 7) is 0.909. The number of rotatable bonds is 5. The number of hydrogen-bond acceptors (Lipinski definition) is 1. The van der Waals surface area contributed by atoms with Gasteiger partial charge in [-0.2, -0.15) is 0 Å². The predicted octanol–water partition coefficient (Wildman–Crippen LogP) is 2.94. The van der Waals surface area contributed by atoms with E-state index in [1.54, 1.807) is 7.11 Å². The molecule has 0 saturated carbocycles. The largest absolute Gasteiger partial charge is 0.385 e. The van der Waals surface area contributed by atoms with Gasteiger partial charge in [-0.25, -0.2) is 0 Å². The van der Waals surface area contributed by atoms with Gasteiger partial charge in [0.25, 0.3) is 0 Å². The van der Waals surface area contributed by atoms with E-state index in [1.165, 1.54) is 25.7 Å².